The summed E-state index contributed by atoms with van der Waals surface area (Å²) in [6, 6.07) is 0. The van der Waals surface area contributed by atoms with Gasteiger partial charge in [-0.2, -0.15) is 0 Å². The molecule has 1 saturated heterocycles. The van der Waals surface area contributed by atoms with Crippen molar-refractivity contribution in [3.63, 3.8) is 0 Å². The van der Waals surface area contributed by atoms with Crippen molar-refractivity contribution in [1.29, 1.82) is 0 Å². The van der Waals surface area contributed by atoms with E-state index in [1.54, 1.807) is 0 Å². The molecule has 0 aromatic heterocycles. The highest BCUT2D eigenvalue weighted by Gasteiger charge is 2.37. The first-order valence-corrected chi connectivity index (χ1v) is 7.55. The molecule has 1 heterocycles. The minimum absolute atomic E-state index is 0.0362. The highest BCUT2D eigenvalue weighted by Crippen LogP contribution is 2.15. The van der Waals surface area contributed by atoms with E-state index < -0.39 is 24.4 Å². The predicted molar refractivity (Wildman–Crippen MR) is 76.5 cm³/mol. The molecule has 3 N–H and O–H groups in total. The van der Waals surface area contributed by atoms with Crippen LogP contribution >= 0.6 is 0 Å². The Morgan fingerprint density at radius 2 is 1.85 bits per heavy atom. The van der Waals surface area contributed by atoms with Gasteiger partial charge in [0.1, 0.15) is 24.4 Å². The lowest BCUT2D eigenvalue weighted by Gasteiger charge is -2.35. The summed E-state index contributed by atoms with van der Waals surface area (Å²) in [6.45, 7) is 3.06. The van der Waals surface area contributed by atoms with Crippen LogP contribution in [0.4, 0.5) is 0 Å². The number of ether oxygens (including phenoxy) is 2. The maximum absolute atomic E-state index is 9.71. The summed E-state index contributed by atoms with van der Waals surface area (Å²) >= 11 is 0. The third kappa shape index (κ3) is 6.33. The van der Waals surface area contributed by atoms with Crippen LogP contribution in [0.2, 0.25) is 0 Å². The third-order valence-electron chi connectivity index (χ3n) is 3.42. The number of rotatable bonds is 9. The van der Waals surface area contributed by atoms with Gasteiger partial charge < -0.3 is 24.8 Å². The monoisotopic (exact) mass is 288 g/mol. The standard InChI is InChI=1S/C15H28O5/c1-2-3-4-5-6-7-8-9-19-11-13-15(18)14(17)12(16)10-20-13/h4-5,12-18H,2-3,6-11H2,1H3/b5-4+/t12-,13+,14+,15+/m1/s1. The van der Waals surface area contributed by atoms with Gasteiger partial charge in [0.25, 0.3) is 0 Å². The fourth-order valence-corrected chi connectivity index (χ4v) is 2.08. The van der Waals surface area contributed by atoms with E-state index in [4.69, 9.17) is 9.47 Å². The molecule has 0 amide bonds. The Morgan fingerprint density at radius 3 is 2.60 bits per heavy atom. The van der Waals surface area contributed by atoms with Crippen molar-refractivity contribution in [3.8, 4) is 0 Å². The molecule has 0 aliphatic carbocycles. The van der Waals surface area contributed by atoms with Gasteiger partial charge in [-0.15, -0.1) is 0 Å². The van der Waals surface area contributed by atoms with Crippen LogP contribution in [0.15, 0.2) is 12.2 Å². The smallest absolute Gasteiger partial charge is 0.111 e. The van der Waals surface area contributed by atoms with Gasteiger partial charge in [0.05, 0.1) is 13.2 Å². The number of aliphatic hydroxyl groups is 3. The zero-order chi connectivity index (χ0) is 14.8. The van der Waals surface area contributed by atoms with E-state index in [2.05, 4.69) is 19.1 Å². The maximum Gasteiger partial charge on any atom is 0.111 e. The van der Waals surface area contributed by atoms with Crippen LogP contribution in [-0.4, -0.2) is 59.6 Å². The number of hydrogen-bond acceptors (Lipinski definition) is 5. The fourth-order valence-electron chi connectivity index (χ4n) is 2.08. The van der Waals surface area contributed by atoms with E-state index >= 15 is 0 Å². The molecular formula is C15H28O5. The largest absolute Gasteiger partial charge is 0.388 e. The molecule has 0 radical (unpaired) electrons. The van der Waals surface area contributed by atoms with Gasteiger partial charge in [-0.1, -0.05) is 25.5 Å². The Balaban J connectivity index is 2.01. The van der Waals surface area contributed by atoms with Crippen molar-refractivity contribution in [3.05, 3.63) is 12.2 Å². The number of unbranched alkanes of at least 4 members (excludes halogenated alkanes) is 3. The summed E-state index contributed by atoms with van der Waals surface area (Å²) < 4.78 is 10.7. The van der Waals surface area contributed by atoms with Crippen molar-refractivity contribution >= 4 is 0 Å². The van der Waals surface area contributed by atoms with Crippen molar-refractivity contribution in [2.24, 2.45) is 0 Å². The highest BCUT2D eigenvalue weighted by atomic mass is 16.6. The van der Waals surface area contributed by atoms with Gasteiger partial charge in [-0.05, 0) is 25.7 Å². The van der Waals surface area contributed by atoms with Gasteiger partial charge >= 0.3 is 0 Å². The number of aliphatic hydroxyl groups excluding tert-OH is 3. The topological polar surface area (TPSA) is 79.2 Å². The number of allylic oxidation sites excluding steroid dienone is 2. The molecule has 1 fully saturated rings. The van der Waals surface area contributed by atoms with E-state index in [-0.39, 0.29) is 13.2 Å². The van der Waals surface area contributed by atoms with Crippen LogP contribution in [0.25, 0.3) is 0 Å². The first kappa shape index (κ1) is 17.6. The predicted octanol–water partition coefficient (Wildman–Crippen LogP) is 1.01. The highest BCUT2D eigenvalue weighted by molar-refractivity contribution is 4.86. The van der Waals surface area contributed by atoms with Crippen molar-refractivity contribution in [2.45, 2.75) is 63.4 Å². The fraction of sp³-hybridized carbons (Fsp3) is 0.867. The first-order chi connectivity index (χ1) is 9.66. The Kier molecular flexibility index (Phi) is 9.05. The summed E-state index contributed by atoms with van der Waals surface area (Å²) in [4.78, 5) is 0. The molecule has 0 bridgehead atoms. The van der Waals surface area contributed by atoms with Crippen LogP contribution < -0.4 is 0 Å². The average Bonchev–Trinajstić information content (AvgIpc) is 2.45. The second-order valence-corrected chi connectivity index (χ2v) is 5.25. The average molecular weight is 288 g/mol. The Morgan fingerprint density at radius 1 is 1.10 bits per heavy atom. The SMILES string of the molecule is CCC/C=C/CCCCOC[C@@H]1OC[C@@H](O)[C@H](O)[C@H]1O. The van der Waals surface area contributed by atoms with Crippen LogP contribution in [0.1, 0.15) is 39.0 Å². The minimum Gasteiger partial charge on any atom is -0.388 e. The molecule has 4 atom stereocenters. The van der Waals surface area contributed by atoms with E-state index in [9.17, 15) is 15.3 Å². The van der Waals surface area contributed by atoms with Crippen LogP contribution in [0.5, 0.6) is 0 Å². The summed E-state index contributed by atoms with van der Waals surface area (Å²) in [6.07, 6.45) is 6.03. The van der Waals surface area contributed by atoms with Crippen molar-refractivity contribution in [1.82, 2.24) is 0 Å². The zero-order valence-corrected chi connectivity index (χ0v) is 12.3. The summed E-state index contributed by atoms with van der Waals surface area (Å²) in [5, 5.41) is 28.5. The molecule has 1 aliphatic heterocycles. The van der Waals surface area contributed by atoms with E-state index in [1.165, 1.54) is 6.42 Å². The van der Waals surface area contributed by atoms with Crippen LogP contribution in [0.3, 0.4) is 0 Å². The van der Waals surface area contributed by atoms with E-state index in [0.717, 1.165) is 25.7 Å². The Labute approximate surface area is 121 Å². The molecule has 118 valence electrons. The summed E-state index contributed by atoms with van der Waals surface area (Å²) in [5.41, 5.74) is 0. The van der Waals surface area contributed by atoms with Crippen molar-refractivity contribution < 1.29 is 24.8 Å². The van der Waals surface area contributed by atoms with Gasteiger partial charge in [0.2, 0.25) is 0 Å². The molecule has 1 aliphatic rings. The molecular weight excluding hydrogens is 260 g/mol. The van der Waals surface area contributed by atoms with Gasteiger partial charge in [0, 0.05) is 6.61 Å². The van der Waals surface area contributed by atoms with Crippen molar-refractivity contribution in [2.75, 3.05) is 19.8 Å². The maximum atomic E-state index is 9.71. The third-order valence-corrected chi connectivity index (χ3v) is 3.42. The molecule has 0 aromatic carbocycles. The second kappa shape index (κ2) is 10.3. The van der Waals surface area contributed by atoms with E-state index in [0.29, 0.717) is 6.61 Å². The summed E-state index contributed by atoms with van der Waals surface area (Å²) in [5.74, 6) is 0. The lowest BCUT2D eigenvalue weighted by Crippen LogP contribution is -2.54. The van der Waals surface area contributed by atoms with Gasteiger partial charge in [-0.25, -0.2) is 0 Å². The lowest BCUT2D eigenvalue weighted by atomic mass is 10.0. The normalized spacial score (nSPS) is 31.0. The Bertz CT molecular complexity index is 269. The molecule has 20 heavy (non-hydrogen) atoms. The Hall–Kier alpha value is -0.460. The molecule has 0 aromatic rings. The quantitative estimate of drug-likeness (QED) is 0.436. The second-order valence-electron chi connectivity index (χ2n) is 5.25. The minimum atomic E-state index is -1.15. The van der Waals surface area contributed by atoms with E-state index in [1.807, 2.05) is 0 Å². The lowest BCUT2D eigenvalue weighted by molar-refractivity contribution is -0.199. The molecule has 5 nitrogen and oxygen atoms in total. The number of hydrogen-bond donors (Lipinski definition) is 3. The first-order valence-electron chi connectivity index (χ1n) is 7.55. The molecule has 0 saturated carbocycles. The molecule has 5 heteroatoms. The van der Waals surface area contributed by atoms with Gasteiger partial charge in [0.15, 0.2) is 0 Å². The van der Waals surface area contributed by atoms with Crippen LogP contribution in [0, 0.1) is 0 Å². The molecule has 0 unspecified atom stereocenters. The molecule has 1 rings (SSSR count). The zero-order valence-electron chi connectivity index (χ0n) is 12.3. The van der Waals surface area contributed by atoms with Crippen LogP contribution in [-0.2, 0) is 9.47 Å². The summed E-state index contributed by atoms with van der Waals surface area (Å²) in [7, 11) is 0. The molecule has 0 spiro atoms. The van der Waals surface area contributed by atoms with Gasteiger partial charge in [-0.3, -0.25) is 0 Å².